The molecule has 0 aliphatic rings. The largest absolute Gasteiger partial charge is 0.352 e. The van der Waals surface area contributed by atoms with Crippen LogP contribution >= 0.6 is 23.2 Å². The van der Waals surface area contributed by atoms with E-state index in [2.05, 4.69) is 5.32 Å². The number of nitrogens with zero attached hydrogens (tertiary/aromatic N) is 2. The second-order valence-corrected chi connectivity index (χ2v) is 12.6. The molecule has 10 heteroatoms. The molecule has 0 radical (unpaired) electrons. The summed E-state index contributed by atoms with van der Waals surface area (Å²) in [5, 5.41) is 3.57. The number of anilines is 1. The Kier molecular flexibility index (Phi) is 10.6. The molecule has 7 nitrogen and oxygen atoms in total. The fraction of sp³-hybridized carbons (Fsp3) is 0.333. The Morgan fingerprint density at radius 3 is 1.93 bits per heavy atom. The summed E-state index contributed by atoms with van der Waals surface area (Å²) < 4.78 is 28.8. The van der Waals surface area contributed by atoms with E-state index in [0.717, 1.165) is 15.4 Å². The van der Waals surface area contributed by atoms with E-state index in [4.69, 9.17) is 23.2 Å². The monoisotopic (exact) mass is 603 g/mol. The SMILES string of the molecule is CC[C@H](C)NC(=O)[C@H](C)N(Cc1c(Cl)cccc1Cl)C(=O)CN(c1ccc(C)cc1)S(=O)(=O)c1ccc(C)cc1. The number of nitrogens with one attached hydrogen (secondary N) is 1. The Labute approximate surface area is 247 Å². The molecule has 0 bridgehead atoms. The van der Waals surface area contributed by atoms with Crippen LogP contribution in [0.25, 0.3) is 0 Å². The number of halogens is 2. The Hall–Kier alpha value is -3.07. The summed E-state index contributed by atoms with van der Waals surface area (Å²) in [6.07, 6.45) is 0.707. The van der Waals surface area contributed by atoms with Crippen molar-refractivity contribution in [3.05, 3.63) is 93.5 Å². The molecule has 1 N–H and O–H groups in total. The molecule has 0 heterocycles. The number of carbonyl (C=O) groups is 2. The molecule has 3 aromatic rings. The van der Waals surface area contributed by atoms with Crippen LogP contribution in [0.5, 0.6) is 0 Å². The van der Waals surface area contributed by atoms with Crippen LogP contribution in [0.4, 0.5) is 5.69 Å². The van der Waals surface area contributed by atoms with Gasteiger partial charge in [0.25, 0.3) is 10.0 Å². The lowest BCUT2D eigenvalue weighted by Gasteiger charge is -2.33. The number of amides is 2. The summed E-state index contributed by atoms with van der Waals surface area (Å²) in [4.78, 5) is 28.5. The van der Waals surface area contributed by atoms with E-state index in [9.17, 15) is 18.0 Å². The first-order chi connectivity index (χ1) is 18.8. The summed E-state index contributed by atoms with van der Waals surface area (Å²) in [5.74, 6) is -0.951. The lowest BCUT2D eigenvalue weighted by atomic mass is 10.1. The maximum Gasteiger partial charge on any atom is 0.264 e. The van der Waals surface area contributed by atoms with E-state index in [-0.39, 0.29) is 23.4 Å². The van der Waals surface area contributed by atoms with Crippen LogP contribution in [0.2, 0.25) is 10.0 Å². The second kappa shape index (κ2) is 13.5. The Morgan fingerprint density at radius 2 is 1.40 bits per heavy atom. The van der Waals surface area contributed by atoms with E-state index in [0.29, 0.717) is 27.7 Å². The van der Waals surface area contributed by atoms with Crippen molar-refractivity contribution in [2.24, 2.45) is 0 Å². The number of sulfonamides is 1. The van der Waals surface area contributed by atoms with Crippen molar-refractivity contribution in [1.29, 1.82) is 0 Å². The average Bonchev–Trinajstić information content (AvgIpc) is 2.91. The summed E-state index contributed by atoms with van der Waals surface area (Å²) in [7, 11) is -4.14. The second-order valence-electron chi connectivity index (χ2n) is 9.88. The molecule has 2 atom stereocenters. The highest BCUT2D eigenvalue weighted by Gasteiger charge is 2.33. The summed E-state index contributed by atoms with van der Waals surface area (Å²) in [5.41, 5.74) is 2.63. The smallest absolute Gasteiger partial charge is 0.264 e. The molecule has 40 heavy (non-hydrogen) atoms. The minimum Gasteiger partial charge on any atom is -0.352 e. The van der Waals surface area contributed by atoms with Gasteiger partial charge >= 0.3 is 0 Å². The molecule has 3 rings (SSSR count). The minimum atomic E-state index is -4.14. The van der Waals surface area contributed by atoms with Gasteiger partial charge in [0.2, 0.25) is 11.8 Å². The highest BCUT2D eigenvalue weighted by molar-refractivity contribution is 7.92. The maximum absolute atomic E-state index is 14.0. The van der Waals surface area contributed by atoms with Gasteiger partial charge in [0, 0.05) is 28.2 Å². The van der Waals surface area contributed by atoms with Crippen molar-refractivity contribution in [3.8, 4) is 0 Å². The number of hydrogen-bond donors (Lipinski definition) is 1. The van der Waals surface area contributed by atoms with Gasteiger partial charge in [-0.25, -0.2) is 8.42 Å². The zero-order valence-electron chi connectivity index (χ0n) is 23.3. The standard InChI is InChI=1S/C30H35Cl2N3O4S/c1-6-22(4)33-30(37)23(5)34(18-26-27(31)8-7-9-28(26)32)29(36)19-35(24-14-10-20(2)11-15-24)40(38,39)25-16-12-21(3)13-17-25/h7-17,22-23H,6,18-19H2,1-5H3,(H,33,37)/t22-,23-/m0/s1. The van der Waals surface area contributed by atoms with Gasteiger partial charge in [-0.2, -0.15) is 0 Å². The van der Waals surface area contributed by atoms with Gasteiger partial charge in [0.15, 0.2) is 0 Å². The van der Waals surface area contributed by atoms with Crippen molar-refractivity contribution < 1.29 is 18.0 Å². The van der Waals surface area contributed by atoms with Crippen molar-refractivity contribution >= 4 is 50.7 Å². The van der Waals surface area contributed by atoms with E-state index < -0.39 is 28.5 Å². The minimum absolute atomic E-state index is 0.0507. The van der Waals surface area contributed by atoms with E-state index >= 15 is 0 Å². The number of hydrogen-bond acceptors (Lipinski definition) is 4. The number of aryl methyl sites for hydroxylation is 2. The molecule has 0 fully saturated rings. The Morgan fingerprint density at radius 1 is 0.875 bits per heavy atom. The Balaban J connectivity index is 2.06. The van der Waals surface area contributed by atoms with Crippen LogP contribution in [0.1, 0.15) is 43.9 Å². The Bertz CT molecular complexity index is 1420. The van der Waals surface area contributed by atoms with Gasteiger partial charge in [-0.05, 0) is 70.5 Å². The van der Waals surface area contributed by atoms with Crippen LogP contribution in [-0.2, 0) is 26.2 Å². The third kappa shape index (κ3) is 7.56. The molecular weight excluding hydrogens is 569 g/mol. The van der Waals surface area contributed by atoms with Crippen molar-refractivity contribution in [3.63, 3.8) is 0 Å². The van der Waals surface area contributed by atoms with Crippen LogP contribution in [-0.4, -0.2) is 43.8 Å². The lowest BCUT2D eigenvalue weighted by Crippen LogP contribution is -2.52. The molecule has 214 valence electrons. The van der Waals surface area contributed by atoms with Crippen molar-refractivity contribution in [1.82, 2.24) is 10.2 Å². The summed E-state index contributed by atoms with van der Waals surface area (Å²) in [6, 6.07) is 17.2. The highest BCUT2D eigenvalue weighted by atomic mass is 35.5. The van der Waals surface area contributed by atoms with Crippen LogP contribution in [0, 0.1) is 13.8 Å². The number of rotatable bonds is 11. The first-order valence-corrected chi connectivity index (χ1v) is 15.2. The molecule has 2 amide bonds. The van der Waals surface area contributed by atoms with Crippen molar-refractivity contribution in [2.45, 2.75) is 64.6 Å². The molecule has 0 saturated carbocycles. The van der Waals surface area contributed by atoms with Crippen molar-refractivity contribution in [2.75, 3.05) is 10.8 Å². The van der Waals surface area contributed by atoms with E-state index in [1.54, 1.807) is 61.5 Å². The first-order valence-electron chi connectivity index (χ1n) is 13.0. The molecule has 0 aliphatic heterocycles. The number of benzene rings is 3. The summed E-state index contributed by atoms with van der Waals surface area (Å²) in [6.45, 7) is 8.54. The van der Waals surface area contributed by atoms with E-state index in [1.165, 1.54) is 17.0 Å². The zero-order valence-corrected chi connectivity index (χ0v) is 25.6. The van der Waals surface area contributed by atoms with Crippen LogP contribution in [0.15, 0.2) is 71.6 Å². The van der Waals surface area contributed by atoms with Gasteiger partial charge in [-0.15, -0.1) is 0 Å². The van der Waals surface area contributed by atoms with Crippen LogP contribution in [0.3, 0.4) is 0 Å². The first kappa shape index (κ1) is 31.5. The zero-order chi connectivity index (χ0) is 29.6. The molecule has 0 saturated heterocycles. The highest BCUT2D eigenvalue weighted by Crippen LogP contribution is 2.28. The van der Waals surface area contributed by atoms with Crippen LogP contribution < -0.4 is 9.62 Å². The average molecular weight is 605 g/mol. The third-order valence-electron chi connectivity index (χ3n) is 6.77. The third-order valence-corrected chi connectivity index (χ3v) is 9.26. The summed E-state index contributed by atoms with van der Waals surface area (Å²) >= 11 is 12.8. The quantitative estimate of drug-likeness (QED) is 0.285. The van der Waals surface area contributed by atoms with Gasteiger partial charge < -0.3 is 10.2 Å². The van der Waals surface area contributed by atoms with Gasteiger partial charge in [0.05, 0.1) is 10.6 Å². The molecule has 0 spiro atoms. The fourth-order valence-electron chi connectivity index (χ4n) is 3.98. The van der Waals surface area contributed by atoms with Gasteiger partial charge in [-0.1, -0.05) is 71.6 Å². The lowest BCUT2D eigenvalue weighted by molar-refractivity contribution is -0.139. The molecule has 0 unspecified atom stereocenters. The molecular formula is C30H35Cl2N3O4S. The molecule has 3 aromatic carbocycles. The number of carbonyl (C=O) groups excluding carboxylic acids is 2. The predicted molar refractivity (Wildman–Crippen MR) is 161 cm³/mol. The topological polar surface area (TPSA) is 86.8 Å². The maximum atomic E-state index is 14.0. The molecule has 0 aromatic heterocycles. The van der Waals surface area contributed by atoms with Gasteiger partial charge in [-0.3, -0.25) is 13.9 Å². The normalized spacial score (nSPS) is 12.9. The fourth-order valence-corrected chi connectivity index (χ4v) is 5.91. The van der Waals surface area contributed by atoms with E-state index in [1.807, 2.05) is 27.7 Å². The van der Waals surface area contributed by atoms with Gasteiger partial charge in [0.1, 0.15) is 12.6 Å². The predicted octanol–water partition coefficient (Wildman–Crippen LogP) is 6.14. The molecule has 0 aliphatic carbocycles.